The average Bonchev–Trinajstić information content (AvgIpc) is 2.68. The van der Waals surface area contributed by atoms with Crippen LogP contribution in [0.5, 0.6) is 5.75 Å². The van der Waals surface area contributed by atoms with Crippen LogP contribution in [0.1, 0.15) is 19.4 Å². The molecule has 2 aromatic carbocycles. The van der Waals surface area contributed by atoms with Gasteiger partial charge in [0.15, 0.2) is 0 Å². The predicted molar refractivity (Wildman–Crippen MR) is 99.2 cm³/mol. The van der Waals surface area contributed by atoms with Crippen molar-refractivity contribution in [2.75, 3.05) is 12.5 Å². The number of esters is 1. The highest BCUT2D eigenvalue weighted by atomic mass is 16.5. The molecule has 0 bridgehead atoms. The molecular formula is C20H23N3O3. The van der Waals surface area contributed by atoms with Crippen LogP contribution in [-0.4, -0.2) is 18.6 Å². The number of nitriles is 1. The van der Waals surface area contributed by atoms with E-state index in [-0.39, 0.29) is 5.92 Å². The van der Waals surface area contributed by atoms with Crippen LogP contribution < -0.4 is 15.6 Å². The molecule has 1 atom stereocenters. The quantitative estimate of drug-likeness (QED) is 0.560. The zero-order valence-electron chi connectivity index (χ0n) is 15.2. The fourth-order valence-corrected chi connectivity index (χ4v) is 2.34. The molecule has 0 aliphatic carbocycles. The molecule has 136 valence electrons. The van der Waals surface area contributed by atoms with Crippen molar-refractivity contribution in [1.29, 1.82) is 5.26 Å². The molecule has 0 aliphatic heterocycles. The van der Waals surface area contributed by atoms with E-state index >= 15 is 0 Å². The number of hydrazine groups is 1. The maximum atomic E-state index is 12.0. The number of anilines is 1. The Morgan fingerprint density at radius 1 is 1.15 bits per heavy atom. The summed E-state index contributed by atoms with van der Waals surface area (Å²) in [5.74, 6) is -0.200. The second-order valence-electron chi connectivity index (χ2n) is 6.11. The first-order valence-electron chi connectivity index (χ1n) is 8.31. The van der Waals surface area contributed by atoms with Gasteiger partial charge in [-0.3, -0.25) is 0 Å². The minimum absolute atomic E-state index is 0.291. The molecule has 0 heterocycles. The van der Waals surface area contributed by atoms with Crippen molar-refractivity contribution in [3.63, 3.8) is 0 Å². The van der Waals surface area contributed by atoms with Crippen molar-refractivity contribution in [1.82, 2.24) is 5.43 Å². The van der Waals surface area contributed by atoms with Crippen molar-refractivity contribution in [3.8, 4) is 11.8 Å². The molecule has 0 spiro atoms. The van der Waals surface area contributed by atoms with Crippen LogP contribution in [-0.2, 0) is 16.1 Å². The Balaban J connectivity index is 1.98. The predicted octanol–water partition coefficient (Wildman–Crippen LogP) is 3.27. The van der Waals surface area contributed by atoms with Crippen LogP contribution in [0.2, 0.25) is 0 Å². The molecule has 0 amide bonds. The molecule has 6 nitrogen and oxygen atoms in total. The van der Waals surface area contributed by atoms with Gasteiger partial charge in [-0.1, -0.05) is 44.2 Å². The topological polar surface area (TPSA) is 83.4 Å². The molecular weight excluding hydrogens is 330 g/mol. The highest BCUT2D eigenvalue weighted by molar-refractivity contribution is 5.85. The standard InChI is InChI=1S/C20H23N3O3/c1-15(2)20(14-21,19(24)25-3)23-22-17-9-11-18(12-10-17)26-13-16-7-5-4-6-8-16/h4-12,15,22-23H,13H2,1-3H3. The van der Waals surface area contributed by atoms with Crippen molar-refractivity contribution in [3.05, 3.63) is 60.2 Å². The third-order valence-electron chi connectivity index (χ3n) is 4.06. The number of carbonyl (C=O) groups excluding carboxylic acids is 1. The normalized spacial score (nSPS) is 12.7. The monoisotopic (exact) mass is 353 g/mol. The van der Waals surface area contributed by atoms with Crippen molar-refractivity contribution in [2.24, 2.45) is 5.92 Å². The highest BCUT2D eigenvalue weighted by Crippen LogP contribution is 2.20. The molecule has 1 unspecified atom stereocenters. The van der Waals surface area contributed by atoms with Gasteiger partial charge in [0.25, 0.3) is 0 Å². The summed E-state index contributed by atoms with van der Waals surface area (Å²) in [6, 6.07) is 19.1. The number of rotatable bonds is 8. The van der Waals surface area contributed by atoms with E-state index in [0.29, 0.717) is 12.3 Å². The van der Waals surface area contributed by atoms with Crippen LogP contribution in [0.3, 0.4) is 0 Å². The Bertz CT molecular complexity index is 754. The molecule has 0 saturated carbocycles. The highest BCUT2D eigenvalue weighted by Gasteiger charge is 2.43. The lowest BCUT2D eigenvalue weighted by molar-refractivity contribution is -0.147. The molecule has 2 rings (SSSR count). The van der Waals surface area contributed by atoms with Gasteiger partial charge in [-0.05, 0) is 35.7 Å². The Morgan fingerprint density at radius 3 is 2.35 bits per heavy atom. The van der Waals surface area contributed by atoms with E-state index < -0.39 is 11.5 Å². The zero-order valence-corrected chi connectivity index (χ0v) is 15.2. The Labute approximate surface area is 153 Å². The van der Waals surface area contributed by atoms with E-state index in [1.807, 2.05) is 48.5 Å². The third-order valence-corrected chi connectivity index (χ3v) is 4.06. The maximum Gasteiger partial charge on any atom is 0.342 e. The zero-order chi connectivity index (χ0) is 19.0. The van der Waals surface area contributed by atoms with Gasteiger partial charge < -0.3 is 14.9 Å². The first kappa shape index (κ1) is 19.3. The van der Waals surface area contributed by atoms with Gasteiger partial charge in [0.05, 0.1) is 13.2 Å². The lowest BCUT2D eigenvalue weighted by Gasteiger charge is -2.29. The van der Waals surface area contributed by atoms with E-state index in [1.165, 1.54) is 7.11 Å². The van der Waals surface area contributed by atoms with Gasteiger partial charge in [-0.15, -0.1) is 0 Å². The summed E-state index contributed by atoms with van der Waals surface area (Å²) in [6.45, 7) is 4.03. The van der Waals surface area contributed by atoms with E-state index in [1.54, 1.807) is 26.0 Å². The third kappa shape index (κ3) is 4.52. The fourth-order valence-electron chi connectivity index (χ4n) is 2.34. The Morgan fingerprint density at radius 2 is 1.81 bits per heavy atom. The minimum Gasteiger partial charge on any atom is -0.489 e. The van der Waals surface area contributed by atoms with E-state index in [0.717, 1.165) is 11.3 Å². The van der Waals surface area contributed by atoms with Gasteiger partial charge in [0.1, 0.15) is 12.4 Å². The van der Waals surface area contributed by atoms with E-state index in [9.17, 15) is 10.1 Å². The number of benzene rings is 2. The molecule has 26 heavy (non-hydrogen) atoms. The summed E-state index contributed by atoms with van der Waals surface area (Å²) < 4.78 is 10.5. The summed E-state index contributed by atoms with van der Waals surface area (Å²) in [5.41, 5.74) is 6.01. The first-order chi connectivity index (χ1) is 12.5. The number of nitrogens with one attached hydrogen (secondary N) is 2. The summed E-state index contributed by atoms with van der Waals surface area (Å²) in [6.07, 6.45) is 0. The van der Waals surface area contributed by atoms with Gasteiger partial charge in [0.2, 0.25) is 5.54 Å². The van der Waals surface area contributed by atoms with Crippen molar-refractivity contribution in [2.45, 2.75) is 26.0 Å². The Kier molecular flexibility index (Phi) is 6.59. The molecule has 2 N–H and O–H groups in total. The van der Waals surface area contributed by atoms with Gasteiger partial charge in [-0.25, -0.2) is 10.2 Å². The second kappa shape index (κ2) is 8.88. The maximum absolute atomic E-state index is 12.0. The first-order valence-corrected chi connectivity index (χ1v) is 8.31. The van der Waals surface area contributed by atoms with Crippen molar-refractivity contribution < 1.29 is 14.3 Å². The Hall–Kier alpha value is -3.04. The molecule has 2 aromatic rings. The number of hydrogen-bond donors (Lipinski definition) is 2. The van der Waals surface area contributed by atoms with Crippen LogP contribution in [0.15, 0.2) is 54.6 Å². The number of nitrogens with zero attached hydrogens (tertiary/aromatic N) is 1. The van der Waals surface area contributed by atoms with Crippen LogP contribution in [0.4, 0.5) is 5.69 Å². The van der Waals surface area contributed by atoms with E-state index in [4.69, 9.17) is 9.47 Å². The summed E-state index contributed by atoms with van der Waals surface area (Å²) in [4.78, 5) is 12.0. The summed E-state index contributed by atoms with van der Waals surface area (Å²) in [5, 5.41) is 9.48. The largest absolute Gasteiger partial charge is 0.489 e. The molecule has 6 heteroatoms. The molecule has 0 saturated heterocycles. The van der Waals surface area contributed by atoms with Gasteiger partial charge in [-0.2, -0.15) is 5.26 Å². The fraction of sp³-hybridized carbons (Fsp3) is 0.300. The van der Waals surface area contributed by atoms with Gasteiger partial charge >= 0.3 is 5.97 Å². The van der Waals surface area contributed by atoms with Crippen molar-refractivity contribution >= 4 is 11.7 Å². The molecule has 0 aliphatic rings. The number of methoxy groups -OCH3 is 1. The SMILES string of the molecule is COC(=O)C(C#N)(NNc1ccc(OCc2ccccc2)cc1)C(C)C. The lowest BCUT2D eigenvalue weighted by atomic mass is 9.88. The van der Waals surface area contributed by atoms with Gasteiger partial charge in [0, 0.05) is 5.69 Å². The molecule has 0 radical (unpaired) electrons. The minimum atomic E-state index is -1.47. The second-order valence-corrected chi connectivity index (χ2v) is 6.11. The number of carbonyl (C=O) groups is 1. The molecule has 0 aromatic heterocycles. The average molecular weight is 353 g/mol. The summed E-state index contributed by atoms with van der Waals surface area (Å²) in [7, 11) is 1.26. The van der Waals surface area contributed by atoms with Crippen LogP contribution >= 0.6 is 0 Å². The number of ether oxygens (including phenoxy) is 2. The van der Waals surface area contributed by atoms with E-state index in [2.05, 4.69) is 10.9 Å². The lowest BCUT2D eigenvalue weighted by Crippen LogP contribution is -2.57. The van der Waals surface area contributed by atoms with Crippen LogP contribution in [0, 0.1) is 17.2 Å². The number of hydrogen-bond acceptors (Lipinski definition) is 6. The summed E-state index contributed by atoms with van der Waals surface area (Å²) >= 11 is 0. The smallest absolute Gasteiger partial charge is 0.342 e. The van der Waals surface area contributed by atoms with Crippen LogP contribution in [0.25, 0.3) is 0 Å². The molecule has 0 fully saturated rings.